The number of nitrogens with zero attached hydrogens (tertiary/aromatic N) is 1. The molecule has 1 aliphatic heterocycles. The van der Waals surface area contributed by atoms with Gasteiger partial charge in [-0.1, -0.05) is 54.6 Å². The summed E-state index contributed by atoms with van der Waals surface area (Å²) in [5.41, 5.74) is 1.25. The molecule has 0 unspecified atom stereocenters. The molecule has 2 aromatic rings. The molecule has 106 valence electrons. The molecular formula is C18H17NO2. The lowest BCUT2D eigenvalue weighted by Crippen LogP contribution is -2.34. The van der Waals surface area contributed by atoms with Crippen molar-refractivity contribution in [2.24, 2.45) is 0 Å². The smallest absolute Gasteiger partial charge is 0.410 e. The fourth-order valence-electron chi connectivity index (χ4n) is 2.48. The monoisotopic (exact) mass is 279 g/mol. The topological polar surface area (TPSA) is 29.5 Å². The van der Waals surface area contributed by atoms with Crippen LogP contribution in [-0.2, 0) is 0 Å². The van der Waals surface area contributed by atoms with Gasteiger partial charge in [0, 0.05) is 18.7 Å². The third kappa shape index (κ3) is 3.31. The highest BCUT2D eigenvalue weighted by molar-refractivity contribution is 5.72. The van der Waals surface area contributed by atoms with E-state index in [1.807, 2.05) is 48.7 Å². The van der Waals surface area contributed by atoms with Gasteiger partial charge in [-0.15, -0.1) is 0 Å². The maximum absolute atomic E-state index is 12.2. The molecule has 3 heteroatoms. The predicted octanol–water partition coefficient (Wildman–Crippen LogP) is 4.19. The average molecular weight is 279 g/mol. The molecule has 1 heterocycles. The van der Waals surface area contributed by atoms with Crippen molar-refractivity contribution in [2.45, 2.75) is 12.3 Å². The van der Waals surface area contributed by atoms with E-state index in [1.165, 1.54) is 5.56 Å². The first-order valence-corrected chi connectivity index (χ1v) is 7.08. The van der Waals surface area contributed by atoms with Crippen LogP contribution >= 0.6 is 0 Å². The summed E-state index contributed by atoms with van der Waals surface area (Å²) >= 11 is 0. The molecule has 0 saturated heterocycles. The van der Waals surface area contributed by atoms with Gasteiger partial charge in [0.1, 0.15) is 5.75 Å². The van der Waals surface area contributed by atoms with Crippen LogP contribution in [-0.4, -0.2) is 17.5 Å². The van der Waals surface area contributed by atoms with Crippen molar-refractivity contribution in [3.8, 4) is 5.75 Å². The standard InChI is InChI=1S/C18H17NO2/c20-18(21-17-11-5-2-6-12-17)19-13-7-10-16(14-19)15-8-3-1-4-9-15/h1-9,11-13,16H,10,14H2/t16-/m1/s1. The Labute approximate surface area is 124 Å². The van der Waals surface area contributed by atoms with Crippen LogP contribution in [0.4, 0.5) is 4.79 Å². The Hall–Kier alpha value is -2.55. The van der Waals surface area contributed by atoms with Crippen molar-refractivity contribution in [3.63, 3.8) is 0 Å². The number of hydrogen-bond donors (Lipinski definition) is 0. The van der Waals surface area contributed by atoms with Crippen molar-refractivity contribution < 1.29 is 9.53 Å². The number of amides is 1. The summed E-state index contributed by atoms with van der Waals surface area (Å²) in [6.45, 7) is 0.645. The molecule has 21 heavy (non-hydrogen) atoms. The molecule has 0 saturated carbocycles. The van der Waals surface area contributed by atoms with E-state index in [9.17, 15) is 4.79 Å². The van der Waals surface area contributed by atoms with Crippen LogP contribution in [0.1, 0.15) is 17.9 Å². The van der Waals surface area contributed by atoms with Gasteiger partial charge in [-0.25, -0.2) is 4.79 Å². The lowest BCUT2D eigenvalue weighted by atomic mass is 9.93. The summed E-state index contributed by atoms with van der Waals surface area (Å²) in [6.07, 6.45) is 4.44. The first-order valence-electron chi connectivity index (χ1n) is 7.08. The van der Waals surface area contributed by atoms with Gasteiger partial charge in [-0.05, 0) is 24.1 Å². The van der Waals surface area contributed by atoms with E-state index in [-0.39, 0.29) is 6.09 Å². The summed E-state index contributed by atoms with van der Waals surface area (Å²) in [5, 5.41) is 0. The minimum absolute atomic E-state index is 0.319. The number of allylic oxidation sites excluding steroid dienone is 1. The quantitative estimate of drug-likeness (QED) is 0.825. The molecule has 1 atom stereocenters. The average Bonchev–Trinajstić information content (AvgIpc) is 2.57. The number of rotatable bonds is 2. The minimum Gasteiger partial charge on any atom is -0.410 e. The third-order valence-electron chi connectivity index (χ3n) is 3.58. The van der Waals surface area contributed by atoms with Crippen LogP contribution < -0.4 is 4.74 Å². The van der Waals surface area contributed by atoms with E-state index < -0.39 is 0 Å². The Morgan fingerprint density at radius 3 is 2.38 bits per heavy atom. The lowest BCUT2D eigenvalue weighted by Gasteiger charge is -2.27. The Bertz CT molecular complexity index is 622. The zero-order chi connectivity index (χ0) is 14.5. The maximum Gasteiger partial charge on any atom is 0.419 e. The first-order chi connectivity index (χ1) is 10.3. The SMILES string of the molecule is O=C(Oc1ccccc1)N1C=CC[C@@H](c2ccccc2)C1. The van der Waals surface area contributed by atoms with E-state index in [2.05, 4.69) is 12.1 Å². The van der Waals surface area contributed by atoms with E-state index in [0.29, 0.717) is 18.2 Å². The van der Waals surface area contributed by atoms with Crippen molar-refractivity contribution >= 4 is 6.09 Å². The Kier molecular flexibility index (Phi) is 4.01. The number of hydrogen-bond acceptors (Lipinski definition) is 2. The number of carbonyl (C=O) groups excluding carboxylic acids is 1. The second kappa shape index (κ2) is 6.27. The fraction of sp³-hybridized carbons (Fsp3) is 0.167. The molecule has 0 fully saturated rings. The van der Waals surface area contributed by atoms with Crippen LogP contribution in [0.2, 0.25) is 0 Å². The van der Waals surface area contributed by atoms with Gasteiger partial charge in [-0.3, -0.25) is 4.90 Å². The second-order valence-electron chi connectivity index (χ2n) is 5.06. The van der Waals surface area contributed by atoms with Gasteiger partial charge in [0.05, 0.1) is 0 Å². The number of para-hydroxylation sites is 1. The molecular weight excluding hydrogens is 262 g/mol. The highest BCUT2D eigenvalue weighted by atomic mass is 16.6. The Morgan fingerprint density at radius 1 is 1.00 bits per heavy atom. The maximum atomic E-state index is 12.2. The Balaban J connectivity index is 1.67. The molecule has 0 radical (unpaired) electrons. The summed E-state index contributed by atoms with van der Waals surface area (Å²) in [7, 11) is 0. The van der Waals surface area contributed by atoms with Crippen LogP contribution in [0, 0.1) is 0 Å². The molecule has 3 rings (SSSR count). The van der Waals surface area contributed by atoms with Crippen LogP contribution in [0.15, 0.2) is 72.9 Å². The summed E-state index contributed by atoms with van der Waals surface area (Å²) in [5.74, 6) is 0.886. The van der Waals surface area contributed by atoms with Crippen LogP contribution in [0.25, 0.3) is 0 Å². The van der Waals surface area contributed by atoms with Gasteiger partial charge in [0.15, 0.2) is 0 Å². The molecule has 0 bridgehead atoms. The fourth-order valence-corrected chi connectivity index (χ4v) is 2.48. The number of carbonyl (C=O) groups is 1. The Morgan fingerprint density at radius 2 is 1.67 bits per heavy atom. The highest BCUT2D eigenvalue weighted by Crippen LogP contribution is 2.25. The van der Waals surface area contributed by atoms with Crippen LogP contribution in [0.5, 0.6) is 5.75 Å². The predicted molar refractivity (Wildman–Crippen MR) is 82.1 cm³/mol. The highest BCUT2D eigenvalue weighted by Gasteiger charge is 2.22. The molecule has 0 aromatic heterocycles. The van der Waals surface area contributed by atoms with Crippen LogP contribution in [0.3, 0.4) is 0 Å². The summed E-state index contributed by atoms with van der Waals surface area (Å²) in [4.78, 5) is 13.8. The van der Waals surface area contributed by atoms with E-state index in [0.717, 1.165) is 6.42 Å². The molecule has 0 spiro atoms. The molecule has 1 aliphatic rings. The first kappa shape index (κ1) is 13.4. The zero-order valence-electron chi connectivity index (χ0n) is 11.7. The van der Waals surface area contributed by atoms with Crippen molar-refractivity contribution in [3.05, 3.63) is 78.5 Å². The van der Waals surface area contributed by atoms with E-state index >= 15 is 0 Å². The zero-order valence-corrected chi connectivity index (χ0v) is 11.7. The van der Waals surface area contributed by atoms with Crippen molar-refractivity contribution in [1.82, 2.24) is 4.90 Å². The third-order valence-corrected chi connectivity index (χ3v) is 3.58. The minimum atomic E-state index is -0.335. The number of ether oxygens (including phenoxy) is 1. The largest absolute Gasteiger partial charge is 0.419 e. The van der Waals surface area contributed by atoms with Gasteiger partial charge in [0.2, 0.25) is 0 Å². The van der Waals surface area contributed by atoms with Crippen molar-refractivity contribution in [2.75, 3.05) is 6.54 Å². The molecule has 1 amide bonds. The summed E-state index contributed by atoms with van der Waals surface area (Å²) < 4.78 is 5.37. The lowest BCUT2D eigenvalue weighted by molar-refractivity contribution is 0.165. The van der Waals surface area contributed by atoms with Gasteiger partial charge in [-0.2, -0.15) is 0 Å². The van der Waals surface area contributed by atoms with Gasteiger partial charge in [0.25, 0.3) is 0 Å². The number of benzene rings is 2. The molecule has 0 aliphatic carbocycles. The second-order valence-corrected chi connectivity index (χ2v) is 5.06. The molecule has 2 aromatic carbocycles. The molecule has 3 nitrogen and oxygen atoms in total. The van der Waals surface area contributed by atoms with E-state index in [1.54, 1.807) is 17.0 Å². The van der Waals surface area contributed by atoms with E-state index in [4.69, 9.17) is 4.74 Å². The van der Waals surface area contributed by atoms with Crippen molar-refractivity contribution in [1.29, 1.82) is 0 Å². The molecule has 0 N–H and O–H groups in total. The van der Waals surface area contributed by atoms with Gasteiger partial charge < -0.3 is 4.74 Å². The van der Waals surface area contributed by atoms with Gasteiger partial charge >= 0.3 is 6.09 Å². The normalized spacial score (nSPS) is 17.5. The summed E-state index contributed by atoms with van der Waals surface area (Å²) in [6, 6.07) is 19.4.